The molecule has 1 aliphatic carbocycles. The molecule has 2 aromatic rings. The molecule has 1 fully saturated rings. The third-order valence-electron chi connectivity index (χ3n) is 5.01. The van der Waals surface area contributed by atoms with Gasteiger partial charge in [0, 0.05) is 42.7 Å². The molecule has 106 valence electrons. The number of aromatic nitrogens is 1. The molecular formula is C17H21FN2. The fourth-order valence-corrected chi connectivity index (χ4v) is 3.96. The molecule has 20 heavy (non-hydrogen) atoms. The van der Waals surface area contributed by atoms with E-state index in [0.29, 0.717) is 0 Å². The molecule has 0 atom stereocenters. The fourth-order valence-electron chi connectivity index (χ4n) is 3.96. The minimum atomic E-state index is -0.132. The third kappa shape index (κ3) is 2.14. The molecule has 1 saturated carbocycles. The van der Waals surface area contributed by atoms with E-state index in [1.807, 2.05) is 6.07 Å². The van der Waals surface area contributed by atoms with E-state index in [4.69, 9.17) is 0 Å². The van der Waals surface area contributed by atoms with Gasteiger partial charge in [0.1, 0.15) is 5.82 Å². The number of aromatic amines is 1. The molecule has 0 saturated heterocycles. The van der Waals surface area contributed by atoms with Crippen molar-refractivity contribution >= 4 is 10.9 Å². The van der Waals surface area contributed by atoms with Crippen molar-refractivity contribution in [2.24, 2.45) is 5.92 Å². The molecular weight excluding hydrogens is 251 g/mol. The second kappa shape index (κ2) is 4.88. The zero-order valence-electron chi connectivity index (χ0n) is 11.8. The summed E-state index contributed by atoms with van der Waals surface area (Å²) in [6, 6.07) is 5.09. The minimum Gasteiger partial charge on any atom is -0.358 e. The first-order valence-electron chi connectivity index (χ1n) is 7.81. The summed E-state index contributed by atoms with van der Waals surface area (Å²) in [7, 11) is 0. The van der Waals surface area contributed by atoms with Crippen LogP contribution in [0.25, 0.3) is 10.9 Å². The van der Waals surface area contributed by atoms with Gasteiger partial charge in [-0.15, -0.1) is 0 Å². The van der Waals surface area contributed by atoms with Crippen molar-refractivity contribution in [3.63, 3.8) is 0 Å². The molecule has 3 heteroatoms. The smallest absolute Gasteiger partial charge is 0.123 e. The van der Waals surface area contributed by atoms with Crippen molar-refractivity contribution in [2.45, 2.75) is 38.6 Å². The molecule has 0 radical (unpaired) electrons. The van der Waals surface area contributed by atoms with Crippen LogP contribution in [0.4, 0.5) is 4.39 Å². The van der Waals surface area contributed by atoms with Gasteiger partial charge in [0.25, 0.3) is 0 Å². The van der Waals surface area contributed by atoms with Gasteiger partial charge in [0.05, 0.1) is 0 Å². The van der Waals surface area contributed by atoms with Gasteiger partial charge in [0.2, 0.25) is 0 Å². The normalized spacial score (nSPS) is 20.6. The maximum absolute atomic E-state index is 13.5. The van der Waals surface area contributed by atoms with E-state index >= 15 is 0 Å². The SMILES string of the molecule is Fc1ccc2[nH]c3c(c2c1)CN(CC1CCCC1)CC3. The number of rotatable bonds is 2. The van der Waals surface area contributed by atoms with Crippen molar-refractivity contribution in [3.8, 4) is 0 Å². The Labute approximate surface area is 119 Å². The molecule has 0 amide bonds. The summed E-state index contributed by atoms with van der Waals surface area (Å²) in [4.78, 5) is 6.03. The van der Waals surface area contributed by atoms with Crippen molar-refractivity contribution < 1.29 is 4.39 Å². The van der Waals surface area contributed by atoms with E-state index in [1.54, 1.807) is 12.1 Å². The highest BCUT2D eigenvalue weighted by Crippen LogP contribution is 2.31. The van der Waals surface area contributed by atoms with Gasteiger partial charge in [-0.05, 0) is 42.5 Å². The van der Waals surface area contributed by atoms with Crippen LogP contribution in [0.2, 0.25) is 0 Å². The van der Waals surface area contributed by atoms with E-state index in [-0.39, 0.29) is 5.82 Å². The molecule has 1 aromatic heterocycles. The van der Waals surface area contributed by atoms with E-state index in [1.165, 1.54) is 43.5 Å². The number of benzene rings is 1. The van der Waals surface area contributed by atoms with Gasteiger partial charge in [0.15, 0.2) is 0 Å². The molecule has 1 N–H and O–H groups in total. The first-order chi connectivity index (χ1) is 9.79. The lowest BCUT2D eigenvalue weighted by atomic mass is 10.0. The molecule has 2 aliphatic rings. The molecule has 1 aromatic carbocycles. The number of nitrogens with one attached hydrogen (secondary N) is 1. The van der Waals surface area contributed by atoms with Gasteiger partial charge in [-0.3, -0.25) is 4.90 Å². The molecule has 0 unspecified atom stereocenters. The monoisotopic (exact) mass is 272 g/mol. The molecule has 4 rings (SSSR count). The van der Waals surface area contributed by atoms with E-state index in [2.05, 4.69) is 9.88 Å². The number of hydrogen-bond donors (Lipinski definition) is 1. The van der Waals surface area contributed by atoms with Crippen molar-refractivity contribution in [3.05, 3.63) is 35.3 Å². The Morgan fingerprint density at radius 1 is 1.25 bits per heavy atom. The standard InChI is InChI=1S/C17H21FN2/c18-13-5-6-16-14(9-13)15-11-20(8-7-17(15)19-16)10-12-3-1-2-4-12/h5-6,9,12,19H,1-4,7-8,10-11H2. The highest BCUT2D eigenvalue weighted by atomic mass is 19.1. The van der Waals surface area contributed by atoms with E-state index in [0.717, 1.165) is 36.3 Å². The van der Waals surface area contributed by atoms with Crippen LogP contribution in [0.3, 0.4) is 0 Å². The predicted octanol–water partition coefficient (Wildman–Crippen LogP) is 3.86. The number of H-pyrrole nitrogens is 1. The summed E-state index contributed by atoms with van der Waals surface area (Å²) >= 11 is 0. The van der Waals surface area contributed by atoms with E-state index in [9.17, 15) is 4.39 Å². The Kier molecular flexibility index (Phi) is 3.03. The lowest BCUT2D eigenvalue weighted by Crippen LogP contribution is -2.33. The maximum Gasteiger partial charge on any atom is 0.123 e. The minimum absolute atomic E-state index is 0.132. The van der Waals surface area contributed by atoms with Crippen LogP contribution in [-0.4, -0.2) is 23.0 Å². The van der Waals surface area contributed by atoms with Crippen LogP contribution < -0.4 is 0 Å². The zero-order valence-corrected chi connectivity index (χ0v) is 11.8. The van der Waals surface area contributed by atoms with Crippen LogP contribution in [0.1, 0.15) is 36.9 Å². The quantitative estimate of drug-likeness (QED) is 0.879. The predicted molar refractivity (Wildman–Crippen MR) is 79.2 cm³/mol. The van der Waals surface area contributed by atoms with Crippen LogP contribution in [0.5, 0.6) is 0 Å². The summed E-state index contributed by atoms with van der Waals surface area (Å²) in [5.74, 6) is 0.755. The van der Waals surface area contributed by atoms with Crippen molar-refractivity contribution in [2.75, 3.05) is 13.1 Å². The van der Waals surface area contributed by atoms with Crippen LogP contribution in [-0.2, 0) is 13.0 Å². The third-order valence-corrected chi connectivity index (χ3v) is 5.01. The van der Waals surface area contributed by atoms with Gasteiger partial charge >= 0.3 is 0 Å². The number of fused-ring (bicyclic) bond motifs is 3. The largest absolute Gasteiger partial charge is 0.358 e. The Hall–Kier alpha value is -1.35. The highest BCUT2D eigenvalue weighted by molar-refractivity contribution is 5.84. The number of hydrogen-bond acceptors (Lipinski definition) is 1. The van der Waals surface area contributed by atoms with Gasteiger partial charge in [-0.25, -0.2) is 4.39 Å². The maximum atomic E-state index is 13.5. The lowest BCUT2D eigenvalue weighted by Gasteiger charge is -2.29. The van der Waals surface area contributed by atoms with Gasteiger partial charge in [-0.1, -0.05) is 12.8 Å². The number of halogens is 1. The Morgan fingerprint density at radius 3 is 2.95 bits per heavy atom. The summed E-state index contributed by atoms with van der Waals surface area (Å²) in [5.41, 5.74) is 3.72. The fraction of sp³-hybridized carbons (Fsp3) is 0.529. The molecule has 1 aliphatic heterocycles. The lowest BCUT2D eigenvalue weighted by molar-refractivity contribution is 0.215. The topological polar surface area (TPSA) is 19.0 Å². The second-order valence-corrected chi connectivity index (χ2v) is 6.41. The molecule has 0 spiro atoms. The highest BCUT2D eigenvalue weighted by Gasteiger charge is 2.24. The van der Waals surface area contributed by atoms with Crippen LogP contribution in [0.15, 0.2) is 18.2 Å². The van der Waals surface area contributed by atoms with Crippen LogP contribution in [0, 0.1) is 11.7 Å². The first-order valence-corrected chi connectivity index (χ1v) is 7.81. The average Bonchev–Trinajstić information content (AvgIpc) is 3.06. The Balaban J connectivity index is 1.60. The second-order valence-electron chi connectivity index (χ2n) is 6.41. The first kappa shape index (κ1) is 12.4. The summed E-state index contributed by atoms with van der Waals surface area (Å²) in [5, 5.41) is 1.08. The van der Waals surface area contributed by atoms with Crippen molar-refractivity contribution in [1.82, 2.24) is 9.88 Å². The summed E-state index contributed by atoms with van der Waals surface area (Å²) in [6.07, 6.45) is 6.67. The molecule has 2 heterocycles. The molecule has 2 nitrogen and oxygen atoms in total. The Morgan fingerprint density at radius 2 is 2.10 bits per heavy atom. The summed E-state index contributed by atoms with van der Waals surface area (Å²) in [6.45, 7) is 3.34. The Bertz CT molecular complexity index is 625. The average molecular weight is 272 g/mol. The van der Waals surface area contributed by atoms with Crippen molar-refractivity contribution in [1.29, 1.82) is 0 Å². The van der Waals surface area contributed by atoms with E-state index < -0.39 is 0 Å². The van der Waals surface area contributed by atoms with Crippen LogP contribution >= 0.6 is 0 Å². The number of nitrogens with zero attached hydrogens (tertiary/aromatic N) is 1. The van der Waals surface area contributed by atoms with Gasteiger partial charge < -0.3 is 4.98 Å². The molecule has 0 bridgehead atoms. The summed E-state index contributed by atoms with van der Waals surface area (Å²) < 4.78 is 13.5. The van der Waals surface area contributed by atoms with Gasteiger partial charge in [-0.2, -0.15) is 0 Å². The zero-order chi connectivity index (χ0) is 13.5.